The van der Waals surface area contributed by atoms with Gasteiger partial charge >= 0.3 is 5.97 Å². The zero-order chi connectivity index (χ0) is 13.1. The molecule has 18 heavy (non-hydrogen) atoms. The number of pyridine rings is 1. The third-order valence-electron chi connectivity index (χ3n) is 2.92. The topological polar surface area (TPSA) is 70.5 Å². The number of carbonyl (C=O) groups excluding carboxylic acids is 1. The fourth-order valence-electron chi connectivity index (χ4n) is 2.06. The van der Waals surface area contributed by atoms with Crippen LogP contribution < -0.4 is 0 Å². The molecule has 1 saturated heterocycles. The lowest BCUT2D eigenvalue weighted by Crippen LogP contribution is -2.43. The van der Waals surface area contributed by atoms with Crippen molar-refractivity contribution >= 4 is 27.8 Å². The molecule has 1 amide bonds. The van der Waals surface area contributed by atoms with E-state index < -0.39 is 12.0 Å². The maximum absolute atomic E-state index is 11.7. The number of hydrogen-bond donors (Lipinski definition) is 1. The van der Waals surface area contributed by atoms with Gasteiger partial charge in [0.15, 0.2) is 0 Å². The highest BCUT2D eigenvalue weighted by molar-refractivity contribution is 9.09. The molecule has 2 atom stereocenters. The van der Waals surface area contributed by atoms with Crippen molar-refractivity contribution < 1.29 is 14.7 Å². The molecule has 1 aliphatic rings. The Morgan fingerprint density at radius 3 is 2.94 bits per heavy atom. The van der Waals surface area contributed by atoms with Gasteiger partial charge in [-0.2, -0.15) is 0 Å². The monoisotopic (exact) mass is 312 g/mol. The maximum Gasteiger partial charge on any atom is 0.326 e. The van der Waals surface area contributed by atoms with Gasteiger partial charge in [0, 0.05) is 36.6 Å². The highest BCUT2D eigenvalue weighted by Gasteiger charge is 2.36. The minimum absolute atomic E-state index is 0.0424. The largest absolute Gasteiger partial charge is 0.480 e. The van der Waals surface area contributed by atoms with Crippen LogP contribution in [-0.4, -0.2) is 44.3 Å². The molecule has 0 spiro atoms. The van der Waals surface area contributed by atoms with E-state index in [-0.39, 0.29) is 17.2 Å². The quantitative estimate of drug-likeness (QED) is 0.844. The van der Waals surface area contributed by atoms with Gasteiger partial charge in [-0.25, -0.2) is 4.79 Å². The van der Waals surface area contributed by atoms with Gasteiger partial charge in [0.25, 0.3) is 0 Å². The number of amides is 1. The number of likely N-dealkylation sites (tertiary alicyclic amines) is 1. The van der Waals surface area contributed by atoms with Crippen LogP contribution in [0.15, 0.2) is 24.5 Å². The van der Waals surface area contributed by atoms with Crippen LogP contribution in [0.4, 0.5) is 0 Å². The highest BCUT2D eigenvalue weighted by atomic mass is 79.9. The summed E-state index contributed by atoms with van der Waals surface area (Å²) in [6, 6.07) is 2.76. The number of carbonyl (C=O) groups is 2. The molecule has 0 aliphatic carbocycles. The van der Waals surface area contributed by atoms with E-state index in [1.807, 2.05) is 6.07 Å². The van der Waals surface area contributed by atoms with Crippen molar-refractivity contribution in [1.29, 1.82) is 0 Å². The first-order valence-electron chi connectivity index (χ1n) is 5.63. The molecule has 1 aliphatic heterocycles. The summed E-state index contributed by atoms with van der Waals surface area (Å²) in [6.45, 7) is 0.441. The van der Waals surface area contributed by atoms with Crippen LogP contribution in [0.2, 0.25) is 0 Å². The zero-order valence-corrected chi connectivity index (χ0v) is 11.2. The van der Waals surface area contributed by atoms with Crippen LogP contribution in [0.25, 0.3) is 0 Å². The van der Waals surface area contributed by atoms with E-state index >= 15 is 0 Å². The first kappa shape index (κ1) is 13.0. The number of alkyl halides is 1. The molecule has 0 radical (unpaired) electrons. The maximum atomic E-state index is 11.7. The Morgan fingerprint density at radius 2 is 2.44 bits per heavy atom. The highest BCUT2D eigenvalue weighted by Crippen LogP contribution is 2.22. The van der Waals surface area contributed by atoms with Crippen molar-refractivity contribution in [2.24, 2.45) is 0 Å². The molecule has 6 heteroatoms. The van der Waals surface area contributed by atoms with E-state index in [1.54, 1.807) is 18.5 Å². The SMILES string of the molecule is O=C(O)C(Cc1cccnc1)N1CC(Br)CC1=O. The van der Waals surface area contributed by atoms with Crippen molar-refractivity contribution in [1.82, 2.24) is 9.88 Å². The lowest BCUT2D eigenvalue weighted by atomic mass is 10.1. The van der Waals surface area contributed by atoms with Gasteiger partial charge in [-0.05, 0) is 11.6 Å². The Morgan fingerprint density at radius 1 is 1.67 bits per heavy atom. The number of halogens is 1. The Bertz CT molecular complexity index is 452. The molecule has 1 fully saturated rings. The zero-order valence-electron chi connectivity index (χ0n) is 9.62. The van der Waals surface area contributed by atoms with Crippen LogP contribution in [0.1, 0.15) is 12.0 Å². The van der Waals surface area contributed by atoms with Crippen molar-refractivity contribution in [2.75, 3.05) is 6.54 Å². The van der Waals surface area contributed by atoms with Gasteiger partial charge in [0.1, 0.15) is 6.04 Å². The number of carboxylic acid groups (broad SMARTS) is 1. The number of nitrogens with zero attached hydrogens (tertiary/aromatic N) is 2. The predicted octanol–water partition coefficient (Wildman–Crippen LogP) is 1.07. The second-order valence-electron chi connectivity index (χ2n) is 4.27. The van der Waals surface area contributed by atoms with Crippen LogP contribution in [0.5, 0.6) is 0 Å². The predicted molar refractivity (Wildman–Crippen MR) is 68.4 cm³/mol. The summed E-state index contributed by atoms with van der Waals surface area (Å²) in [6.07, 6.45) is 3.91. The average Bonchev–Trinajstić information content (AvgIpc) is 2.66. The fourth-order valence-corrected chi connectivity index (χ4v) is 2.65. The summed E-state index contributed by atoms with van der Waals surface area (Å²) in [5.41, 5.74) is 0.815. The van der Waals surface area contributed by atoms with E-state index in [2.05, 4.69) is 20.9 Å². The van der Waals surface area contributed by atoms with E-state index in [0.717, 1.165) is 5.56 Å². The molecule has 1 aromatic heterocycles. The summed E-state index contributed by atoms with van der Waals surface area (Å²) < 4.78 is 0. The number of aliphatic carboxylic acids is 1. The minimum Gasteiger partial charge on any atom is -0.480 e. The van der Waals surface area contributed by atoms with E-state index in [0.29, 0.717) is 13.0 Å². The normalized spacial score (nSPS) is 21.1. The number of rotatable bonds is 4. The Labute approximate surface area is 113 Å². The average molecular weight is 313 g/mol. The Balaban J connectivity index is 2.14. The van der Waals surface area contributed by atoms with Gasteiger partial charge in [0.05, 0.1) is 0 Å². The van der Waals surface area contributed by atoms with Crippen molar-refractivity contribution in [3.8, 4) is 0 Å². The second kappa shape index (κ2) is 5.48. The summed E-state index contributed by atoms with van der Waals surface area (Å²) in [5, 5.41) is 9.27. The van der Waals surface area contributed by atoms with Gasteiger partial charge in [-0.1, -0.05) is 22.0 Å². The number of carboxylic acids is 1. The van der Waals surface area contributed by atoms with E-state index in [1.165, 1.54) is 4.90 Å². The standard InChI is InChI=1S/C12H13BrN2O3/c13-9-5-11(16)15(7-9)10(12(17)18)4-8-2-1-3-14-6-8/h1-3,6,9-10H,4-5,7H2,(H,17,18). The molecular formula is C12H13BrN2O3. The lowest BCUT2D eigenvalue weighted by molar-refractivity contribution is -0.148. The Kier molecular flexibility index (Phi) is 3.96. The molecule has 2 unspecified atom stereocenters. The van der Waals surface area contributed by atoms with Gasteiger partial charge in [0.2, 0.25) is 5.91 Å². The molecule has 96 valence electrons. The van der Waals surface area contributed by atoms with E-state index in [4.69, 9.17) is 0 Å². The summed E-state index contributed by atoms with van der Waals surface area (Å²) >= 11 is 3.35. The fraction of sp³-hybridized carbons (Fsp3) is 0.417. The van der Waals surface area contributed by atoms with Crippen LogP contribution >= 0.6 is 15.9 Å². The Hall–Kier alpha value is -1.43. The van der Waals surface area contributed by atoms with Gasteiger partial charge < -0.3 is 10.0 Å². The van der Waals surface area contributed by atoms with Crippen LogP contribution in [-0.2, 0) is 16.0 Å². The molecule has 1 aromatic rings. The van der Waals surface area contributed by atoms with Crippen molar-refractivity contribution in [3.63, 3.8) is 0 Å². The summed E-state index contributed by atoms with van der Waals surface area (Å²) in [5.74, 6) is -1.10. The smallest absolute Gasteiger partial charge is 0.326 e. The molecule has 1 N–H and O–H groups in total. The molecule has 2 rings (SSSR count). The first-order chi connectivity index (χ1) is 8.58. The molecule has 0 aromatic carbocycles. The van der Waals surface area contributed by atoms with Crippen molar-refractivity contribution in [2.45, 2.75) is 23.7 Å². The van der Waals surface area contributed by atoms with Crippen LogP contribution in [0.3, 0.4) is 0 Å². The van der Waals surface area contributed by atoms with Gasteiger partial charge in [-0.15, -0.1) is 0 Å². The molecule has 2 heterocycles. The molecular weight excluding hydrogens is 300 g/mol. The van der Waals surface area contributed by atoms with Gasteiger partial charge in [-0.3, -0.25) is 9.78 Å². The number of hydrogen-bond acceptors (Lipinski definition) is 3. The second-order valence-corrected chi connectivity index (χ2v) is 5.56. The van der Waals surface area contributed by atoms with E-state index in [9.17, 15) is 14.7 Å². The molecule has 5 nitrogen and oxygen atoms in total. The number of aromatic nitrogens is 1. The molecule has 0 saturated carbocycles. The minimum atomic E-state index is -0.978. The third-order valence-corrected chi connectivity index (χ3v) is 3.54. The summed E-state index contributed by atoms with van der Waals surface area (Å²) in [4.78, 5) is 28.5. The third kappa shape index (κ3) is 2.87. The first-order valence-corrected chi connectivity index (χ1v) is 6.54. The van der Waals surface area contributed by atoms with Crippen LogP contribution in [0, 0.1) is 0 Å². The summed E-state index contributed by atoms with van der Waals surface area (Å²) in [7, 11) is 0. The lowest BCUT2D eigenvalue weighted by Gasteiger charge is -2.24. The molecule has 0 bridgehead atoms. The van der Waals surface area contributed by atoms with Crippen molar-refractivity contribution in [3.05, 3.63) is 30.1 Å².